The van der Waals surface area contributed by atoms with Crippen LogP contribution in [0.15, 0.2) is 48.5 Å². The molecule has 0 saturated heterocycles. The lowest BCUT2D eigenvalue weighted by Crippen LogP contribution is -2.28. The fraction of sp³-hybridized carbons (Fsp3) is 0.167. The normalized spacial score (nSPS) is 14.0. The van der Waals surface area contributed by atoms with Crippen LogP contribution in [0.4, 0.5) is 8.78 Å². The highest BCUT2D eigenvalue weighted by Crippen LogP contribution is 2.36. The summed E-state index contributed by atoms with van der Waals surface area (Å²) in [7, 11) is 1.15. The number of ether oxygens (including phenoxy) is 1. The number of hydrogen-bond donors (Lipinski definition) is 0. The second-order valence-electron chi connectivity index (χ2n) is 5.33. The third kappa shape index (κ3) is 2.11. The summed E-state index contributed by atoms with van der Waals surface area (Å²) < 4.78 is 33.0. The second-order valence-corrected chi connectivity index (χ2v) is 5.33. The van der Waals surface area contributed by atoms with Gasteiger partial charge in [-0.1, -0.05) is 36.4 Å². The Labute approximate surface area is 126 Å². The lowest BCUT2D eigenvalue weighted by molar-refractivity contribution is -0.154. The van der Waals surface area contributed by atoms with Crippen LogP contribution in [-0.2, 0) is 15.2 Å². The van der Waals surface area contributed by atoms with E-state index in [1.807, 2.05) is 0 Å². The molecule has 0 aromatic heterocycles. The molecule has 0 saturated carbocycles. The first kappa shape index (κ1) is 14.4. The lowest BCUT2D eigenvalue weighted by Gasteiger charge is -2.20. The minimum absolute atomic E-state index is 0.211. The summed E-state index contributed by atoms with van der Waals surface area (Å²) in [5.41, 5.74) is -2.06. The van der Waals surface area contributed by atoms with Crippen LogP contribution in [0.25, 0.3) is 21.5 Å². The number of rotatable bonds is 2. The Hall–Kier alpha value is -2.49. The number of fused-ring (bicyclic) bond motifs is 3. The molecular formula is C18H14F2O2. The SMILES string of the molecule is COC(=O)[C@@](C)(F)c1cccc2c1ccc1ccc(F)cc12. The summed E-state index contributed by atoms with van der Waals surface area (Å²) in [5, 5.41) is 2.79. The molecule has 0 radical (unpaired) electrons. The second kappa shape index (κ2) is 5.05. The molecule has 4 heteroatoms. The van der Waals surface area contributed by atoms with Crippen molar-refractivity contribution >= 4 is 27.5 Å². The maximum absolute atomic E-state index is 14.9. The predicted molar refractivity (Wildman–Crippen MR) is 81.9 cm³/mol. The molecule has 22 heavy (non-hydrogen) atoms. The zero-order chi connectivity index (χ0) is 15.9. The first-order valence-corrected chi connectivity index (χ1v) is 6.84. The summed E-state index contributed by atoms with van der Waals surface area (Å²) in [6.45, 7) is 1.17. The number of methoxy groups -OCH3 is 1. The van der Waals surface area contributed by atoms with Crippen LogP contribution in [0.1, 0.15) is 12.5 Å². The quantitative estimate of drug-likeness (QED) is 0.515. The summed E-state index contributed by atoms with van der Waals surface area (Å²) in [5.74, 6) is -1.32. The highest BCUT2D eigenvalue weighted by Gasteiger charge is 2.37. The van der Waals surface area contributed by atoms with Gasteiger partial charge in [0.15, 0.2) is 0 Å². The molecule has 0 aliphatic rings. The van der Waals surface area contributed by atoms with Crippen molar-refractivity contribution in [2.45, 2.75) is 12.6 Å². The van der Waals surface area contributed by atoms with E-state index in [-0.39, 0.29) is 11.4 Å². The molecule has 0 fully saturated rings. The molecule has 3 aromatic rings. The van der Waals surface area contributed by atoms with E-state index in [0.717, 1.165) is 12.5 Å². The first-order valence-electron chi connectivity index (χ1n) is 6.84. The van der Waals surface area contributed by atoms with E-state index >= 15 is 0 Å². The topological polar surface area (TPSA) is 26.3 Å². The molecule has 3 rings (SSSR count). The molecule has 0 amide bonds. The first-order chi connectivity index (χ1) is 10.4. The van der Waals surface area contributed by atoms with Crippen molar-refractivity contribution in [2.75, 3.05) is 7.11 Å². The van der Waals surface area contributed by atoms with Gasteiger partial charge in [-0.3, -0.25) is 0 Å². The summed E-state index contributed by atoms with van der Waals surface area (Å²) in [6, 6.07) is 13.0. The Morgan fingerprint density at radius 1 is 1.05 bits per heavy atom. The van der Waals surface area contributed by atoms with Crippen molar-refractivity contribution in [2.24, 2.45) is 0 Å². The number of carbonyl (C=O) groups is 1. The monoisotopic (exact) mass is 300 g/mol. The van der Waals surface area contributed by atoms with Gasteiger partial charge in [-0.2, -0.15) is 0 Å². The van der Waals surface area contributed by atoms with Crippen LogP contribution in [0.3, 0.4) is 0 Å². The smallest absolute Gasteiger partial charge is 0.348 e. The van der Waals surface area contributed by atoms with Crippen LogP contribution in [-0.4, -0.2) is 13.1 Å². The standard InChI is InChI=1S/C18H14F2O2/c1-18(20,17(21)22-2)16-5-3-4-13-14(16)9-7-11-6-8-12(19)10-15(11)13/h3-10H,1-2H3/t18-/m0/s1. The van der Waals surface area contributed by atoms with E-state index in [1.165, 1.54) is 19.1 Å². The lowest BCUT2D eigenvalue weighted by atomic mass is 9.90. The Morgan fingerprint density at radius 2 is 1.77 bits per heavy atom. The molecule has 0 aliphatic carbocycles. The van der Waals surface area contributed by atoms with Gasteiger partial charge in [-0.15, -0.1) is 0 Å². The van der Waals surface area contributed by atoms with E-state index in [2.05, 4.69) is 4.74 Å². The molecular weight excluding hydrogens is 286 g/mol. The zero-order valence-electron chi connectivity index (χ0n) is 12.2. The van der Waals surface area contributed by atoms with Gasteiger partial charge < -0.3 is 4.74 Å². The number of benzene rings is 3. The molecule has 3 aromatic carbocycles. The minimum atomic E-state index is -2.27. The fourth-order valence-corrected chi connectivity index (χ4v) is 2.77. The highest BCUT2D eigenvalue weighted by atomic mass is 19.1. The maximum Gasteiger partial charge on any atom is 0.348 e. The number of hydrogen-bond acceptors (Lipinski definition) is 2. The Morgan fingerprint density at radius 3 is 2.50 bits per heavy atom. The molecule has 0 spiro atoms. The van der Waals surface area contributed by atoms with Crippen LogP contribution in [0.5, 0.6) is 0 Å². The molecule has 0 unspecified atom stereocenters. The van der Waals surface area contributed by atoms with E-state index < -0.39 is 11.6 Å². The predicted octanol–water partition coefficient (Wildman–Crippen LogP) is 4.49. The van der Waals surface area contributed by atoms with Crippen LogP contribution < -0.4 is 0 Å². The van der Waals surface area contributed by atoms with Crippen LogP contribution in [0, 0.1) is 5.82 Å². The van der Waals surface area contributed by atoms with Crippen LogP contribution in [0.2, 0.25) is 0 Å². The Bertz CT molecular complexity index is 885. The van der Waals surface area contributed by atoms with E-state index in [0.29, 0.717) is 16.2 Å². The molecule has 0 heterocycles. The van der Waals surface area contributed by atoms with Crippen molar-refractivity contribution in [3.8, 4) is 0 Å². The Balaban J connectivity index is 2.37. The third-order valence-corrected chi connectivity index (χ3v) is 3.92. The maximum atomic E-state index is 14.9. The van der Waals surface area contributed by atoms with Gasteiger partial charge in [0, 0.05) is 5.56 Å². The number of esters is 1. The summed E-state index contributed by atoms with van der Waals surface area (Å²) >= 11 is 0. The molecule has 0 N–H and O–H groups in total. The average molecular weight is 300 g/mol. The van der Waals surface area contributed by atoms with Crippen LogP contribution >= 0.6 is 0 Å². The van der Waals surface area contributed by atoms with Crippen molar-refractivity contribution < 1.29 is 18.3 Å². The molecule has 112 valence electrons. The molecule has 0 bridgehead atoms. The van der Waals surface area contributed by atoms with Gasteiger partial charge in [-0.05, 0) is 40.6 Å². The van der Waals surface area contributed by atoms with Gasteiger partial charge in [0.05, 0.1) is 7.11 Å². The van der Waals surface area contributed by atoms with E-state index in [1.54, 1.807) is 36.4 Å². The number of halogens is 2. The summed E-state index contributed by atoms with van der Waals surface area (Å²) in [4.78, 5) is 11.7. The number of alkyl halides is 1. The van der Waals surface area contributed by atoms with Crippen molar-refractivity contribution in [3.63, 3.8) is 0 Å². The average Bonchev–Trinajstić information content (AvgIpc) is 2.53. The number of carbonyl (C=O) groups excluding carboxylic acids is 1. The van der Waals surface area contributed by atoms with E-state index in [9.17, 15) is 13.6 Å². The molecule has 0 aliphatic heterocycles. The van der Waals surface area contributed by atoms with E-state index in [4.69, 9.17) is 0 Å². The van der Waals surface area contributed by atoms with Crippen molar-refractivity contribution in [3.05, 3.63) is 59.9 Å². The van der Waals surface area contributed by atoms with Gasteiger partial charge in [0.1, 0.15) is 5.82 Å². The fourth-order valence-electron chi connectivity index (χ4n) is 2.77. The Kier molecular flexibility index (Phi) is 3.32. The zero-order valence-corrected chi connectivity index (χ0v) is 12.2. The minimum Gasteiger partial charge on any atom is -0.466 e. The summed E-state index contributed by atoms with van der Waals surface area (Å²) in [6.07, 6.45) is 0. The van der Waals surface area contributed by atoms with Gasteiger partial charge in [-0.25, -0.2) is 13.6 Å². The van der Waals surface area contributed by atoms with Crippen molar-refractivity contribution in [1.29, 1.82) is 0 Å². The van der Waals surface area contributed by atoms with Gasteiger partial charge in [0.25, 0.3) is 0 Å². The molecule has 2 nitrogen and oxygen atoms in total. The highest BCUT2D eigenvalue weighted by molar-refractivity contribution is 6.09. The van der Waals surface area contributed by atoms with Gasteiger partial charge >= 0.3 is 5.97 Å². The van der Waals surface area contributed by atoms with Crippen molar-refractivity contribution in [1.82, 2.24) is 0 Å². The third-order valence-electron chi connectivity index (χ3n) is 3.92. The van der Waals surface area contributed by atoms with Gasteiger partial charge in [0.2, 0.25) is 5.67 Å². The molecule has 1 atom stereocenters. The largest absolute Gasteiger partial charge is 0.466 e.